The first-order chi connectivity index (χ1) is 11.8. The molecule has 0 spiro atoms. The number of amides is 2. The van der Waals surface area contributed by atoms with E-state index in [0.29, 0.717) is 5.13 Å². The summed E-state index contributed by atoms with van der Waals surface area (Å²) in [6, 6.07) is 4.28. The van der Waals surface area contributed by atoms with Crippen LogP contribution in [0.5, 0.6) is 0 Å². The smallest absolute Gasteiger partial charge is 0.240 e. The maximum Gasteiger partial charge on any atom is 0.240 e. The van der Waals surface area contributed by atoms with E-state index in [0.717, 1.165) is 16.8 Å². The maximum atomic E-state index is 12.1. The molecule has 2 rings (SSSR count). The van der Waals surface area contributed by atoms with Crippen LogP contribution in [0.4, 0.5) is 5.13 Å². The van der Waals surface area contributed by atoms with Gasteiger partial charge in [-0.3, -0.25) is 14.5 Å². The van der Waals surface area contributed by atoms with E-state index in [1.165, 1.54) is 22.5 Å². The van der Waals surface area contributed by atoms with Gasteiger partial charge in [0.05, 0.1) is 18.8 Å². The lowest BCUT2D eigenvalue weighted by Crippen LogP contribution is -2.37. The van der Waals surface area contributed by atoms with Crippen molar-refractivity contribution in [3.63, 3.8) is 0 Å². The molecular formula is C18H24N4O2S. The van der Waals surface area contributed by atoms with Gasteiger partial charge in [0.2, 0.25) is 11.8 Å². The van der Waals surface area contributed by atoms with E-state index < -0.39 is 0 Å². The van der Waals surface area contributed by atoms with Crippen molar-refractivity contribution in [2.45, 2.75) is 20.8 Å². The molecule has 2 amide bonds. The highest BCUT2D eigenvalue weighted by atomic mass is 32.1. The number of thiazole rings is 1. The number of carbonyl (C=O) groups excluding carboxylic acids is 2. The van der Waals surface area contributed by atoms with Crippen LogP contribution in [0.25, 0.3) is 11.3 Å². The first kappa shape index (κ1) is 19.1. The van der Waals surface area contributed by atoms with Crippen molar-refractivity contribution in [2.75, 3.05) is 32.5 Å². The molecule has 7 heteroatoms. The molecule has 2 aromatic rings. The molecule has 25 heavy (non-hydrogen) atoms. The van der Waals surface area contributed by atoms with E-state index in [2.05, 4.69) is 48.5 Å². The van der Waals surface area contributed by atoms with Gasteiger partial charge in [-0.2, -0.15) is 0 Å². The minimum absolute atomic E-state index is 0.128. The third-order valence-electron chi connectivity index (χ3n) is 3.97. The van der Waals surface area contributed by atoms with Crippen molar-refractivity contribution in [3.05, 3.63) is 34.2 Å². The second kappa shape index (κ2) is 8.22. The van der Waals surface area contributed by atoms with Gasteiger partial charge in [0.25, 0.3) is 0 Å². The fourth-order valence-corrected chi connectivity index (χ4v) is 3.20. The highest BCUT2D eigenvalue weighted by Crippen LogP contribution is 2.29. The van der Waals surface area contributed by atoms with E-state index in [9.17, 15) is 9.59 Å². The molecule has 134 valence electrons. The molecule has 0 bridgehead atoms. The maximum absolute atomic E-state index is 12.1. The average molecular weight is 360 g/mol. The molecule has 0 radical (unpaired) electrons. The van der Waals surface area contributed by atoms with E-state index >= 15 is 0 Å². The molecule has 0 aliphatic carbocycles. The molecule has 2 N–H and O–H groups in total. The summed E-state index contributed by atoms with van der Waals surface area (Å²) in [6.07, 6.45) is 0. The lowest BCUT2D eigenvalue weighted by Gasteiger charge is -2.14. The van der Waals surface area contributed by atoms with E-state index in [1.807, 2.05) is 5.38 Å². The zero-order chi connectivity index (χ0) is 18.6. The summed E-state index contributed by atoms with van der Waals surface area (Å²) in [6.45, 7) is 6.54. The lowest BCUT2D eigenvalue weighted by atomic mass is 9.99. The molecule has 1 aromatic carbocycles. The molecule has 0 aliphatic rings. The first-order valence-corrected chi connectivity index (χ1v) is 8.91. The molecule has 0 fully saturated rings. The summed E-state index contributed by atoms with van der Waals surface area (Å²) in [5, 5.41) is 7.83. The monoisotopic (exact) mass is 360 g/mol. The van der Waals surface area contributed by atoms with Crippen LogP contribution in [0, 0.1) is 20.8 Å². The van der Waals surface area contributed by atoms with Crippen LogP contribution in [0.1, 0.15) is 16.7 Å². The number of aryl methyl sites for hydroxylation is 3. The number of benzene rings is 1. The Morgan fingerprint density at radius 2 is 1.72 bits per heavy atom. The third kappa shape index (κ3) is 5.11. The zero-order valence-corrected chi connectivity index (χ0v) is 16.1. The summed E-state index contributed by atoms with van der Waals surface area (Å²) in [7, 11) is 3.29. The van der Waals surface area contributed by atoms with Gasteiger partial charge in [0.15, 0.2) is 5.13 Å². The Hall–Kier alpha value is -2.25. The van der Waals surface area contributed by atoms with Gasteiger partial charge in [0.1, 0.15) is 0 Å². The van der Waals surface area contributed by atoms with Crippen LogP contribution in [0.15, 0.2) is 17.5 Å². The predicted molar refractivity (Wildman–Crippen MR) is 102 cm³/mol. The summed E-state index contributed by atoms with van der Waals surface area (Å²) in [5.41, 5.74) is 5.58. The quantitative estimate of drug-likeness (QED) is 0.829. The Bertz CT molecular complexity index is 785. The second-order valence-corrected chi connectivity index (χ2v) is 7.04. The first-order valence-electron chi connectivity index (χ1n) is 8.03. The summed E-state index contributed by atoms with van der Waals surface area (Å²) >= 11 is 1.40. The Labute approximate surface area is 152 Å². The largest absolute Gasteiger partial charge is 0.358 e. The van der Waals surface area contributed by atoms with Gasteiger partial charge in [-0.1, -0.05) is 6.07 Å². The van der Waals surface area contributed by atoms with E-state index in [-0.39, 0.29) is 24.9 Å². The SMILES string of the molecule is CNC(=O)CN(C)CC(=O)Nc1nc(-c2cc(C)c(C)cc2C)cs1. The summed E-state index contributed by atoms with van der Waals surface area (Å²) in [4.78, 5) is 29.6. The summed E-state index contributed by atoms with van der Waals surface area (Å²) < 4.78 is 0. The van der Waals surface area contributed by atoms with Crippen LogP contribution in [-0.4, -0.2) is 48.9 Å². The summed E-state index contributed by atoms with van der Waals surface area (Å²) in [5.74, 6) is -0.318. The molecule has 1 aromatic heterocycles. The number of hydrogen-bond donors (Lipinski definition) is 2. The predicted octanol–water partition coefficient (Wildman–Crippen LogP) is 2.35. The van der Waals surface area contributed by atoms with Crippen molar-refractivity contribution in [1.29, 1.82) is 0 Å². The molecule has 0 unspecified atom stereocenters. The van der Waals surface area contributed by atoms with Gasteiger partial charge < -0.3 is 10.6 Å². The number of hydrogen-bond acceptors (Lipinski definition) is 5. The molecule has 0 aliphatic heterocycles. The Balaban J connectivity index is 2.03. The van der Waals surface area contributed by atoms with Crippen LogP contribution < -0.4 is 10.6 Å². The Morgan fingerprint density at radius 3 is 2.40 bits per heavy atom. The fourth-order valence-electron chi connectivity index (χ4n) is 2.48. The number of nitrogens with zero attached hydrogens (tertiary/aromatic N) is 2. The normalized spacial score (nSPS) is 10.8. The van der Waals surface area contributed by atoms with Gasteiger partial charge >= 0.3 is 0 Å². The van der Waals surface area contributed by atoms with Crippen LogP contribution in [-0.2, 0) is 9.59 Å². The van der Waals surface area contributed by atoms with Gasteiger partial charge in [0, 0.05) is 18.0 Å². The Kier molecular flexibility index (Phi) is 6.27. The number of carbonyl (C=O) groups is 2. The zero-order valence-electron chi connectivity index (χ0n) is 15.3. The molecule has 0 saturated carbocycles. The number of likely N-dealkylation sites (N-methyl/N-ethyl adjacent to an activating group) is 2. The van der Waals surface area contributed by atoms with Crippen molar-refractivity contribution < 1.29 is 9.59 Å². The third-order valence-corrected chi connectivity index (χ3v) is 4.73. The van der Waals surface area contributed by atoms with Gasteiger partial charge in [-0.15, -0.1) is 11.3 Å². The van der Waals surface area contributed by atoms with E-state index in [1.54, 1.807) is 19.0 Å². The highest BCUT2D eigenvalue weighted by Gasteiger charge is 2.13. The fraction of sp³-hybridized carbons (Fsp3) is 0.389. The van der Waals surface area contributed by atoms with Crippen molar-refractivity contribution >= 4 is 28.3 Å². The minimum atomic E-state index is -0.191. The molecule has 6 nitrogen and oxygen atoms in total. The number of aromatic nitrogens is 1. The minimum Gasteiger partial charge on any atom is -0.358 e. The van der Waals surface area contributed by atoms with Crippen LogP contribution in [0.2, 0.25) is 0 Å². The number of rotatable bonds is 6. The van der Waals surface area contributed by atoms with Crippen LogP contribution >= 0.6 is 11.3 Å². The standard InChI is InChI=1S/C18H24N4O2S/c1-11-6-13(3)14(7-12(11)2)15-10-25-18(20-15)21-17(24)9-22(5)8-16(23)19-4/h6-7,10H,8-9H2,1-5H3,(H,19,23)(H,20,21,24). The molecule has 0 saturated heterocycles. The van der Waals surface area contributed by atoms with Gasteiger partial charge in [-0.25, -0.2) is 4.98 Å². The van der Waals surface area contributed by atoms with Crippen molar-refractivity contribution in [2.24, 2.45) is 0 Å². The van der Waals surface area contributed by atoms with Crippen molar-refractivity contribution in [1.82, 2.24) is 15.2 Å². The molecule has 1 heterocycles. The highest BCUT2D eigenvalue weighted by molar-refractivity contribution is 7.14. The lowest BCUT2D eigenvalue weighted by molar-refractivity contribution is -0.122. The van der Waals surface area contributed by atoms with E-state index in [4.69, 9.17) is 0 Å². The average Bonchev–Trinajstić information content (AvgIpc) is 2.98. The Morgan fingerprint density at radius 1 is 1.08 bits per heavy atom. The second-order valence-electron chi connectivity index (χ2n) is 6.18. The topological polar surface area (TPSA) is 74.3 Å². The number of anilines is 1. The van der Waals surface area contributed by atoms with Crippen LogP contribution in [0.3, 0.4) is 0 Å². The molecular weight excluding hydrogens is 336 g/mol. The van der Waals surface area contributed by atoms with Gasteiger partial charge in [-0.05, 0) is 50.6 Å². The molecule has 0 atom stereocenters. The number of nitrogens with one attached hydrogen (secondary N) is 2. The van der Waals surface area contributed by atoms with Crippen molar-refractivity contribution in [3.8, 4) is 11.3 Å².